The number of amides is 1. The Morgan fingerprint density at radius 2 is 2.20 bits per heavy atom. The first-order valence-electron chi connectivity index (χ1n) is 6.39. The molecule has 108 valence electrons. The highest BCUT2D eigenvalue weighted by Gasteiger charge is 2.26. The normalized spacial score (nSPS) is 19.0. The highest BCUT2D eigenvalue weighted by atomic mass is 127. The van der Waals surface area contributed by atoms with Crippen molar-refractivity contribution in [3.05, 3.63) is 35.4 Å². The average Bonchev–Trinajstić information content (AvgIpc) is 2.44. The molecule has 0 saturated heterocycles. The molecule has 0 N–H and O–H groups in total. The molecule has 0 saturated carbocycles. The Bertz CT molecular complexity index is 542. The summed E-state index contributed by atoms with van der Waals surface area (Å²) in [7, 11) is 3.42. The molecule has 20 heavy (non-hydrogen) atoms. The molecule has 0 bridgehead atoms. The Morgan fingerprint density at radius 1 is 1.45 bits per heavy atom. The lowest BCUT2D eigenvalue weighted by Crippen LogP contribution is -2.35. The molecule has 0 radical (unpaired) electrons. The van der Waals surface area contributed by atoms with Gasteiger partial charge in [-0.15, -0.1) is 0 Å². The minimum Gasteiger partial charge on any atom is -0.468 e. The third kappa shape index (κ3) is 3.15. The van der Waals surface area contributed by atoms with Crippen molar-refractivity contribution in [1.82, 2.24) is 4.90 Å². The van der Waals surface area contributed by atoms with Crippen LogP contribution in [0.2, 0.25) is 0 Å². The van der Waals surface area contributed by atoms with Gasteiger partial charge in [0, 0.05) is 25.4 Å². The summed E-state index contributed by atoms with van der Waals surface area (Å²) in [6.45, 7) is 2.25. The van der Waals surface area contributed by atoms with Crippen molar-refractivity contribution in [2.45, 2.75) is 17.3 Å². The lowest BCUT2D eigenvalue weighted by atomic mass is 10.0. The van der Waals surface area contributed by atoms with Crippen LogP contribution in [0.15, 0.2) is 24.3 Å². The first kappa shape index (κ1) is 15.3. The first-order valence-corrected chi connectivity index (χ1v) is 7.63. The third-order valence-corrected chi connectivity index (χ3v) is 4.34. The number of rotatable bonds is 4. The smallest absolute Gasteiger partial charge is 0.240 e. The molecule has 1 atom stereocenters. The van der Waals surface area contributed by atoms with Crippen LogP contribution in [0, 0.1) is 6.92 Å². The summed E-state index contributed by atoms with van der Waals surface area (Å²) in [4.78, 5) is 13.8. The van der Waals surface area contributed by atoms with Gasteiger partial charge in [-0.2, -0.15) is 0 Å². The van der Waals surface area contributed by atoms with Crippen molar-refractivity contribution in [2.75, 3.05) is 21.0 Å². The number of carbonyl (C=O) groups excluding carboxylic acids is 1. The first-order chi connectivity index (χ1) is 9.54. The Labute approximate surface area is 132 Å². The standard InChI is InChI=1S/C15H18INO3/c1-10-8-11(20-9-19-3)4-5-12(10)14-7-6-13(16)15(18)17(14)2/h4-5,7-8,13H,6,9H2,1-3H3. The Balaban J connectivity index is 2.27. The molecule has 1 amide bonds. The van der Waals surface area contributed by atoms with Gasteiger partial charge < -0.3 is 14.4 Å². The highest BCUT2D eigenvalue weighted by Crippen LogP contribution is 2.30. The third-order valence-electron chi connectivity index (χ3n) is 3.30. The number of ether oxygens (including phenoxy) is 2. The average molecular weight is 387 g/mol. The zero-order valence-corrected chi connectivity index (χ0v) is 14.0. The Morgan fingerprint density at radius 3 is 2.85 bits per heavy atom. The monoisotopic (exact) mass is 387 g/mol. The van der Waals surface area contributed by atoms with Gasteiger partial charge in [-0.05, 0) is 37.1 Å². The van der Waals surface area contributed by atoms with Crippen LogP contribution in [0.5, 0.6) is 5.75 Å². The van der Waals surface area contributed by atoms with E-state index in [1.165, 1.54) is 0 Å². The number of nitrogens with zero attached hydrogens (tertiary/aromatic N) is 1. The molecule has 0 aromatic heterocycles. The molecule has 0 spiro atoms. The van der Waals surface area contributed by atoms with Gasteiger partial charge in [0.15, 0.2) is 6.79 Å². The molecule has 0 aliphatic carbocycles. The largest absolute Gasteiger partial charge is 0.468 e. The number of carbonyl (C=O) groups is 1. The van der Waals surface area contributed by atoms with E-state index in [1.54, 1.807) is 12.0 Å². The van der Waals surface area contributed by atoms with Crippen LogP contribution < -0.4 is 4.74 Å². The lowest BCUT2D eigenvalue weighted by Gasteiger charge is -2.28. The summed E-state index contributed by atoms with van der Waals surface area (Å²) in [5, 5.41) is 0. The summed E-state index contributed by atoms with van der Waals surface area (Å²) in [6, 6.07) is 5.85. The molecule has 1 unspecified atom stereocenters. The molecule has 1 aliphatic rings. The number of benzene rings is 1. The van der Waals surface area contributed by atoms with Gasteiger partial charge in [0.05, 0.1) is 3.92 Å². The maximum absolute atomic E-state index is 12.1. The van der Waals surface area contributed by atoms with E-state index in [9.17, 15) is 4.79 Å². The van der Waals surface area contributed by atoms with Crippen molar-refractivity contribution in [2.24, 2.45) is 0 Å². The van der Waals surface area contributed by atoms with Crippen molar-refractivity contribution in [3.8, 4) is 5.75 Å². The van der Waals surface area contributed by atoms with Crippen LogP contribution in [0.4, 0.5) is 0 Å². The molecule has 1 aromatic rings. The van der Waals surface area contributed by atoms with Gasteiger partial charge in [0.1, 0.15) is 5.75 Å². The van der Waals surface area contributed by atoms with Gasteiger partial charge in [-0.1, -0.05) is 28.7 Å². The van der Waals surface area contributed by atoms with Gasteiger partial charge >= 0.3 is 0 Å². The molecule has 2 rings (SSSR count). The second-order valence-electron chi connectivity index (χ2n) is 4.72. The number of methoxy groups -OCH3 is 1. The number of halogens is 1. The zero-order valence-electron chi connectivity index (χ0n) is 11.9. The number of hydrogen-bond donors (Lipinski definition) is 0. The van der Waals surface area contributed by atoms with Crippen molar-refractivity contribution in [3.63, 3.8) is 0 Å². The summed E-state index contributed by atoms with van der Waals surface area (Å²) in [5.41, 5.74) is 3.11. The molecule has 1 heterocycles. The second kappa shape index (κ2) is 6.58. The summed E-state index contributed by atoms with van der Waals surface area (Å²) >= 11 is 2.19. The predicted molar refractivity (Wildman–Crippen MR) is 86.9 cm³/mol. The van der Waals surface area contributed by atoms with E-state index >= 15 is 0 Å². The molecular formula is C15H18INO3. The SMILES string of the molecule is COCOc1ccc(C2=CCC(I)C(=O)N2C)c(C)c1. The van der Waals surface area contributed by atoms with Crippen LogP contribution in [0.1, 0.15) is 17.5 Å². The molecule has 5 heteroatoms. The van der Waals surface area contributed by atoms with Crippen LogP contribution in [0.3, 0.4) is 0 Å². The Kier molecular flexibility index (Phi) is 5.04. The fraction of sp³-hybridized carbons (Fsp3) is 0.400. The molecule has 4 nitrogen and oxygen atoms in total. The van der Waals surface area contributed by atoms with E-state index in [1.807, 2.05) is 32.2 Å². The number of allylic oxidation sites excluding steroid dienone is 1. The maximum Gasteiger partial charge on any atom is 0.240 e. The van der Waals surface area contributed by atoms with Crippen molar-refractivity contribution in [1.29, 1.82) is 0 Å². The van der Waals surface area contributed by atoms with Crippen molar-refractivity contribution < 1.29 is 14.3 Å². The van der Waals surface area contributed by atoms with Gasteiger partial charge in [-0.3, -0.25) is 4.79 Å². The van der Waals surface area contributed by atoms with E-state index in [0.29, 0.717) is 0 Å². The number of alkyl halides is 1. The molecule has 0 fully saturated rings. The van der Waals surface area contributed by atoms with Crippen molar-refractivity contribution >= 4 is 34.2 Å². The fourth-order valence-corrected chi connectivity index (χ4v) is 2.88. The second-order valence-corrected chi connectivity index (χ2v) is 6.22. The van der Waals surface area contributed by atoms with E-state index in [0.717, 1.165) is 29.0 Å². The number of aryl methyl sites for hydroxylation is 1. The molecule has 1 aliphatic heterocycles. The van der Waals surface area contributed by atoms with E-state index < -0.39 is 0 Å². The van der Waals surface area contributed by atoms with Gasteiger partial charge in [0.25, 0.3) is 0 Å². The fourth-order valence-electron chi connectivity index (χ4n) is 2.21. The van der Waals surface area contributed by atoms with E-state index in [-0.39, 0.29) is 16.6 Å². The van der Waals surface area contributed by atoms with E-state index in [4.69, 9.17) is 9.47 Å². The molecular weight excluding hydrogens is 369 g/mol. The quantitative estimate of drug-likeness (QED) is 0.453. The zero-order chi connectivity index (χ0) is 14.7. The number of hydrogen-bond acceptors (Lipinski definition) is 3. The summed E-state index contributed by atoms with van der Waals surface area (Å²) < 4.78 is 10.3. The van der Waals surface area contributed by atoms with Crippen LogP contribution in [-0.4, -0.2) is 35.7 Å². The Hall–Kier alpha value is -1.08. The van der Waals surface area contributed by atoms with E-state index in [2.05, 4.69) is 28.7 Å². The van der Waals surface area contributed by atoms with Crippen LogP contribution in [-0.2, 0) is 9.53 Å². The topological polar surface area (TPSA) is 38.8 Å². The summed E-state index contributed by atoms with van der Waals surface area (Å²) in [6.07, 6.45) is 2.90. The minimum atomic E-state index is 0.0333. The minimum absolute atomic E-state index is 0.0333. The van der Waals surface area contributed by atoms with Crippen LogP contribution >= 0.6 is 22.6 Å². The lowest BCUT2D eigenvalue weighted by molar-refractivity contribution is -0.126. The molecule has 1 aromatic carbocycles. The maximum atomic E-state index is 12.1. The van der Waals surface area contributed by atoms with Gasteiger partial charge in [-0.25, -0.2) is 0 Å². The van der Waals surface area contributed by atoms with Crippen LogP contribution in [0.25, 0.3) is 5.70 Å². The van der Waals surface area contributed by atoms with Gasteiger partial charge in [0.2, 0.25) is 5.91 Å². The highest BCUT2D eigenvalue weighted by molar-refractivity contribution is 14.1. The predicted octanol–water partition coefficient (Wildman–Crippen LogP) is 2.98. The summed E-state index contributed by atoms with van der Waals surface area (Å²) in [5.74, 6) is 0.924.